The Morgan fingerprint density at radius 2 is 1.67 bits per heavy atom. The molecule has 126 valence electrons. The Morgan fingerprint density at radius 1 is 0.958 bits per heavy atom. The fraction of sp³-hybridized carbons (Fsp3) is 0.333. The van der Waals surface area contributed by atoms with Gasteiger partial charge in [-0.15, -0.1) is 11.3 Å². The summed E-state index contributed by atoms with van der Waals surface area (Å²) < 4.78 is 13.5. The summed E-state index contributed by atoms with van der Waals surface area (Å²) in [6, 6.07) is 7.56. The molecule has 6 heteroatoms. The van der Waals surface area contributed by atoms with Gasteiger partial charge in [-0.05, 0) is 49.4 Å². The van der Waals surface area contributed by atoms with Crippen LogP contribution in [0.4, 0.5) is 4.39 Å². The highest BCUT2D eigenvalue weighted by Gasteiger charge is 2.17. The van der Waals surface area contributed by atoms with Crippen molar-refractivity contribution in [3.05, 3.63) is 57.0 Å². The second kappa shape index (κ2) is 7.57. The predicted molar refractivity (Wildman–Crippen MR) is 91.5 cm³/mol. The highest BCUT2D eigenvalue weighted by molar-refractivity contribution is 7.14. The normalized spacial score (nSPS) is 14.2. The van der Waals surface area contributed by atoms with Gasteiger partial charge in [-0.25, -0.2) is 4.39 Å². The molecule has 1 aromatic carbocycles. The van der Waals surface area contributed by atoms with Crippen LogP contribution in [0.2, 0.25) is 0 Å². The maximum absolute atomic E-state index is 13.5. The molecular formula is C18H19FN2O2S. The lowest BCUT2D eigenvalue weighted by molar-refractivity contribution is 0.0846. The van der Waals surface area contributed by atoms with Crippen LogP contribution in [0.1, 0.15) is 56.2 Å². The molecule has 4 nitrogen and oxygen atoms in total. The van der Waals surface area contributed by atoms with E-state index < -0.39 is 11.7 Å². The first-order chi connectivity index (χ1) is 11.6. The summed E-state index contributed by atoms with van der Waals surface area (Å²) in [7, 11) is 0. The van der Waals surface area contributed by atoms with Crippen LogP contribution in [0, 0.1) is 5.82 Å². The fourth-order valence-corrected chi connectivity index (χ4v) is 3.99. The first-order valence-electron chi connectivity index (χ1n) is 8.12. The summed E-state index contributed by atoms with van der Waals surface area (Å²) in [5.74, 6) is -1.66. The molecule has 0 unspecified atom stereocenters. The quantitative estimate of drug-likeness (QED) is 0.816. The molecule has 0 radical (unpaired) electrons. The molecule has 0 atom stereocenters. The molecule has 2 aromatic rings. The number of thiophene rings is 1. The van der Waals surface area contributed by atoms with E-state index in [1.165, 1.54) is 52.8 Å². The molecule has 0 fully saturated rings. The number of amides is 2. The average Bonchev–Trinajstić information content (AvgIpc) is 2.95. The van der Waals surface area contributed by atoms with Gasteiger partial charge in [0.25, 0.3) is 11.8 Å². The van der Waals surface area contributed by atoms with Crippen LogP contribution in [0.25, 0.3) is 0 Å². The molecule has 0 spiro atoms. The molecule has 3 rings (SSSR count). The molecule has 2 N–H and O–H groups in total. The number of halogens is 1. The summed E-state index contributed by atoms with van der Waals surface area (Å²) >= 11 is 1.48. The van der Waals surface area contributed by atoms with Gasteiger partial charge in [-0.3, -0.25) is 20.4 Å². The monoisotopic (exact) mass is 346 g/mol. The Balaban J connectivity index is 1.64. The van der Waals surface area contributed by atoms with Crippen molar-refractivity contribution in [3.8, 4) is 0 Å². The lowest BCUT2D eigenvalue weighted by atomic mass is 10.00. The van der Waals surface area contributed by atoms with Crippen molar-refractivity contribution in [2.45, 2.75) is 38.5 Å². The number of hydrazine groups is 1. The van der Waals surface area contributed by atoms with Gasteiger partial charge in [0.05, 0.1) is 10.4 Å². The summed E-state index contributed by atoms with van der Waals surface area (Å²) in [4.78, 5) is 26.0. The SMILES string of the molecule is O=C(NNC(=O)c1ccccc1F)c1cc2c(s1)CCCCCC2. The fourth-order valence-electron chi connectivity index (χ4n) is 2.84. The minimum atomic E-state index is -0.670. The molecule has 1 heterocycles. The molecule has 1 aliphatic carbocycles. The van der Waals surface area contributed by atoms with E-state index in [0.29, 0.717) is 4.88 Å². The first-order valence-corrected chi connectivity index (χ1v) is 8.93. The maximum Gasteiger partial charge on any atom is 0.279 e. The third-order valence-corrected chi connectivity index (χ3v) is 5.36. The largest absolute Gasteiger partial charge is 0.279 e. The number of carbonyl (C=O) groups excluding carboxylic acids is 2. The van der Waals surface area contributed by atoms with E-state index in [1.807, 2.05) is 6.07 Å². The third kappa shape index (κ3) is 3.82. The van der Waals surface area contributed by atoms with Crippen LogP contribution in [0.15, 0.2) is 30.3 Å². The van der Waals surface area contributed by atoms with Gasteiger partial charge in [0.1, 0.15) is 5.82 Å². The summed E-state index contributed by atoms with van der Waals surface area (Å²) in [6.07, 6.45) is 6.77. The minimum Gasteiger partial charge on any atom is -0.267 e. The number of hydrogen-bond donors (Lipinski definition) is 2. The highest BCUT2D eigenvalue weighted by Crippen LogP contribution is 2.28. The molecule has 1 aliphatic rings. The number of aryl methyl sites for hydroxylation is 2. The standard InChI is InChI=1S/C18H19FN2O2S/c19-14-9-6-5-8-13(14)17(22)20-21-18(23)16-11-12-7-3-1-2-4-10-15(12)24-16/h5-6,8-9,11H,1-4,7,10H2,(H,20,22)(H,21,23). The van der Waals surface area contributed by atoms with Gasteiger partial charge >= 0.3 is 0 Å². The van der Waals surface area contributed by atoms with Gasteiger partial charge in [0.15, 0.2) is 0 Å². The Morgan fingerprint density at radius 3 is 2.46 bits per heavy atom. The van der Waals surface area contributed by atoms with E-state index in [-0.39, 0.29) is 11.5 Å². The second-order valence-electron chi connectivity index (χ2n) is 5.86. The first kappa shape index (κ1) is 16.6. The van der Waals surface area contributed by atoms with Crippen LogP contribution >= 0.6 is 11.3 Å². The molecule has 0 saturated heterocycles. The van der Waals surface area contributed by atoms with Gasteiger partial charge in [-0.1, -0.05) is 25.0 Å². The van der Waals surface area contributed by atoms with Gasteiger partial charge in [-0.2, -0.15) is 0 Å². The van der Waals surface area contributed by atoms with Crippen molar-refractivity contribution in [1.82, 2.24) is 10.9 Å². The number of hydrogen-bond acceptors (Lipinski definition) is 3. The topological polar surface area (TPSA) is 58.2 Å². The Bertz CT molecular complexity index is 732. The number of rotatable bonds is 2. The summed E-state index contributed by atoms with van der Waals surface area (Å²) in [5.41, 5.74) is 5.78. The van der Waals surface area contributed by atoms with E-state index in [2.05, 4.69) is 10.9 Å². The smallest absolute Gasteiger partial charge is 0.267 e. The van der Waals surface area contributed by atoms with Crippen molar-refractivity contribution in [3.63, 3.8) is 0 Å². The van der Waals surface area contributed by atoms with Crippen LogP contribution < -0.4 is 10.9 Å². The molecule has 0 saturated carbocycles. The zero-order chi connectivity index (χ0) is 16.9. The van der Waals surface area contributed by atoms with Crippen LogP contribution in [0.5, 0.6) is 0 Å². The van der Waals surface area contributed by atoms with Gasteiger partial charge < -0.3 is 0 Å². The molecule has 2 amide bonds. The Labute approximate surface area is 144 Å². The molecule has 0 bridgehead atoms. The van der Waals surface area contributed by atoms with Crippen molar-refractivity contribution >= 4 is 23.2 Å². The van der Waals surface area contributed by atoms with E-state index in [4.69, 9.17) is 0 Å². The van der Waals surface area contributed by atoms with Gasteiger partial charge in [0, 0.05) is 4.88 Å². The van der Waals surface area contributed by atoms with Crippen molar-refractivity contribution in [2.75, 3.05) is 0 Å². The van der Waals surface area contributed by atoms with Crippen LogP contribution in [-0.4, -0.2) is 11.8 Å². The molecule has 0 aliphatic heterocycles. The summed E-state index contributed by atoms with van der Waals surface area (Å²) in [5, 5.41) is 0. The van der Waals surface area contributed by atoms with Crippen LogP contribution in [0.3, 0.4) is 0 Å². The van der Waals surface area contributed by atoms with Crippen molar-refractivity contribution < 1.29 is 14.0 Å². The van der Waals surface area contributed by atoms with E-state index >= 15 is 0 Å². The Kier molecular flexibility index (Phi) is 5.25. The zero-order valence-electron chi connectivity index (χ0n) is 13.2. The minimum absolute atomic E-state index is 0.101. The molecular weight excluding hydrogens is 327 g/mol. The lowest BCUT2D eigenvalue weighted by Crippen LogP contribution is -2.41. The van der Waals surface area contributed by atoms with Crippen LogP contribution in [-0.2, 0) is 12.8 Å². The number of fused-ring (bicyclic) bond motifs is 1. The Hall–Kier alpha value is -2.21. The number of carbonyl (C=O) groups is 2. The van der Waals surface area contributed by atoms with E-state index in [9.17, 15) is 14.0 Å². The van der Waals surface area contributed by atoms with E-state index in [1.54, 1.807) is 6.07 Å². The third-order valence-electron chi connectivity index (χ3n) is 4.13. The lowest BCUT2D eigenvalue weighted by Gasteiger charge is -2.07. The highest BCUT2D eigenvalue weighted by atomic mass is 32.1. The van der Waals surface area contributed by atoms with E-state index in [0.717, 1.165) is 25.7 Å². The molecule has 1 aromatic heterocycles. The number of nitrogens with one attached hydrogen (secondary N) is 2. The zero-order valence-corrected chi connectivity index (χ0v) is 14.0. The van der Waals surface area contributed by atoms with Gasteiger partial charge in [0.2, 0.25) is 0 Å². The van der Waals surface area contributed by atoms with Crippen molar-refractivity contribution in [2.24, 2.45) is 0 Å². The molecule has 24 heavy (non-hydrogen) atoms. The van der Waals surface area contributed by atoms with Crippen molar-refractivity contribution in [1.29, 1.82) is 0 Å². The summed E-state index contributed by atoms with van der Waals surface area (Å²) in [6.45, 7) is 0. The predicted octanol–water partition coefficient (Wildman–Crippen LogP) is 3.62. The average molecular weight is 346 g/mol. The second-order valence-corrected chi connectivity index (χ2v) is 7.00. The maximum atomic E-state index is 13.5. The number of benzene rings is 1.